The second-order valence-electron chi connectivity index (χ2n) is 5.00. The van der Waals surface area contributed by atoms with E-state index in [2.05, 4.69) is 42.7 Å². The van der Waals surface area contributed by atoms with Crippen LogP contribution in [0.15, 0.2) is 39.2 Å². The number of amidine groups is 1. The lowest BCUT2D eigenvalue weighted by Crippen LogP contribution is -2.12. The number of thioether (sulfide) groups is 1. The summed E-state index contributed by atoms with van der Waals surface area (Å²) in [6.07, 6.45) is 0. The number of nitrogens with one attached hydrogen (secondary N) is 1. The summed E-state index contributed by atoms with van der Waals surface area (Å²) in [6.45, 7) is 2.36. The van der Waals surface area contributed by atoms with Gasteiger partial charge in [-0.2, -0.15) is 4.98 Å². The zero-order valence-corrected chi connectivity index (χ0v) is 18.0. The van der Waals surface area contributed by atoms with Crippen LogP contribution in [0.1, 0.15) is 5.56 Å². The number of nitrogens with zero attached hydrogens (tertiary/aromatic N) is 4. The van der Waals surface area contributed by atoms with Gasteiger partial charge in [-0.05, 0) is 50.6 Å². The largest absolute Gasteiger partial charge is 0.497 e. The normalized spacial score (nSPS) is 11.9. The first-order valence-corrected chi connectivity index (χ1v) is 11.6. The van der Waals surface area contributed by atoms with E-state index in [-0.39, 0.29) is 0 Å². The Morgan fingerprint density at radius 3 is 2.85 bits per heavy atom. The Labute approximate surface area is 174 Å². The molecule has 7 nitrogen and oxygen atoms in total. The number of nitrogens with two attached hydrogens (primary N) is 1. The van der Waals surface area contributed by atoms with Gasteiger partial charge in [0.25, 0.3) is 0 Å². The van der Waals surface area contributed by atoms with E-state index in [9.17, 15) is 0 Å². The second kappa shape index (κ2) is 12.6. The third kappa shape index (κ3) is 8.63. The highest BCUT2D eigenvalue weighted by molar-refractivity contribution is 8.13. The number of anilines is 1. The van der Waals surface area contributed by atoms with Gasteiger partial charge in [0.05, 0.1) is 31.9 Å². The van der Waals surface area contributed by atoms with Crippen LogP contribution < -0.4 is 20.6 Å². The van der Waals surface area contributed by atoms with Crippen LogP contribution in [-0.2, 0) is 5.75 Å². The van der Waals surface area contributed by atoms with Crippen molar-refractivity contribution in [2.75, 3.05) is 38.6 Å². The Bertz CT molecular complexity index is 839. The minimum absolute atomic E-state index is 0.540. The molecule has 2 aromatic rings. The van der Waals surface area contributed by atoms with Crippen molar-refractivity contribution in [3.05, 3.63) is 34.6 Å². The van der Waals surface area contributed by atoms with Crippen LogP contribution in [0.3, 0.4) is 0 Å². The second-order valence-corrected chi connectivity index (χ2v) is 8.27. The van der Waals surface area contributed by atoms with Gasteiger partial charge in [0.1, 0.15) is 5.75 Å². The molecule has 0 atom stereocenters. The van der Waals surface area contributed by atoms with Crippen LogP contribution in [0.5, 0.6) is 5.75 Å². The van der Waals surface area contributed by atoms with Gasteiger partial charge in [-0.1, -0.05) is 23.9 Å². The summed E-state index contributed by atoms with van der Waals surface area (Å²) in [7, 11) is 4.72. The van der Waals surface area contributed by atoms with E-state index in [0.717, 1.165) is 21.4 Å². The molecule has 0 saturated carbocycles. The van der Waals surface area contributed by atoms with Gasteiger partial charge in [-0.3, -0.25) is 9.98 Å². The van der Waals surface area contributed by atoms with E-state index in [0.29, 0.717) is 31.3 Å². The Hall–Kier alpha value is -1.78. The Kier molecular flexibility index (Phi) is 10.0. The van der Waals surface area contributed by atoms with Crippen molar-refractivity contribution in [1.82, 2.24) is 4.98 Å². The summed E-state index contributed by atoms with van der Waals surface area (Å²) >= 11 is 6.03. The van der Waals surface area contributed by atoms with Gasteiger partial charge >= 0.3 is 0 Å². The molecule has 0 fully saturated rings. The molecular weight excluding hydrogens is 420 g/mol. The quantitative estimate of drug-likeness (QED) is 0.194. The van der Waals surface area contributed by atoms with Crippen molar-refractivity contribution in [1.29, 1.82) is 0 Å². The fourth-order valence-corrected chi connectivity index (χ4v) is 4.39. The summed E-state index contributed by atoms with van der Waals surface area (Å²) in [5.41, 5.74) is 7.13. The minimum atomic E-state index is 0.540. The predicted octanol–water partition coefficient (Wildman–Crippen LogP) is 2.88. The molecule has 0 radical (unpaired) electrons. The molecule has 0 spiro atoms. The molecule has 0 saturated heterocycles. The number of ether oxygens (including phenoxy) is 1. The van der Waals surface area contributed by atoms with Gasteiger partial charge in [-0.25, -0.2) is 4.99 Å². The van der Waals surface area contributed by atoms with Crippen molar-refractivity contribution in [2.45, 2.75) is 5.75 Å². The molecule has 1 heterocycles. The average Bonchev–Trinajstić information content (AvgIpc) is 3.15. The summed E-state index contributed by atoms with van der Waals surface area (Å²) in [5.74, 6) is 1.62. The molecule has 27 heavy (non-hydrogen) atoms. The lowest BCUT2D eigenvalue weighted by molar-refractivity contribution is 0.414. The summed E-state index contributed by atoms with van der Waals surface area (Å²) in [4.78, 5) is 17.6. The number of hydrogen-bond acceptors (Lipinski definition) is 10. The molecule has 0 unspecified atom stereocenters. The standard InChI is InChI=1S/C16H20N6OS4/c1-23-13-4-2-12(3-5-13)10-25-14(17)19-8-9-21-16-22-15(26-27-16)20-7-6-18-11-24/h2-5H,6-10H2,1H3,(H2,17,19)(H,20,21,22). The maximum absolute atomic E-state index is 5.95. The summed E-state index contributed by atoms with van der Waals surface area (Å²) < 4.78 is 5.15. The highest BCUT2D eigenvalue weighted by Gasteiger charge is 2.00. The van der Waals surface area contributed by atoms with Gasteiger partial charge in [0, 0.05) is 12.3 Å². The van der Waals surface area contributed by atoms with Crippen molar-refractivity contribution in [3.63, 3.8) is 0 Å². The molecule has 11 heteroatoms. The monoisotopic (exact) mass is 440 g/mol. The third-order valence-corrected chi connectivity index (χ3v) is 6.17. The number of rotatable bonds is 10. The van der Waals surface area contributed by atoms with Gasteiger partial charge in [0.2, 0.25) is 4.80 Å². The predicted molar refractivity (Wildman–Crippen MR) is 120 cm³/mol. The molecule has 3 N–H and O–H groups in total. The maximum atomic E-state index is 5.95. The zero-order valence-electron chi connectivity index (χ0n) is 14.8. The lowest BCUT2D eigenvalue weighted by Gasteiger charge is -2.04. The molecule has 0 aliphatic carbocycles. The SMILES string of the molecule is COc1ccc(CSC(N)=NCCNc2nc(=NCCN=C=S)ss2)cc1. The Balaban J connectivity index is 1.68. The first kappa shape index (κ1) is 21.5. The van der Waals surface area contributed by atoms with E-state index in [1.165, 1.54) is 27.7 Å². The number of aliphatic imine (C=N–C) groups is 2. The Morgan fingerprint density at radius 2 is 2.11 bits per heavy atom. The van der Waals surface area contributed by atoms with Crippen LogP contribution in [0.25, 0.3) is 0 Å². The lowest BCUT2D eigenvalue weighted by atomic mass is 10.2. The highest BCUT2D eigenvalue weighted by atomic mass is 32.9. The summed E-state index contributed by atoms with van der Waals surface area (Å²) in [6, 6.07) is 7.92. The molecule has 1 aromatic heterocycles. The third-order valence-electron chi connectivity index (χ3n) is 3.12. The van der Waals surface area contributed by atoms with Crippen molar-refractivity contribution in [2.24, 2.45) is 20.7 Å². The van der Waals surface area contributed by atoms with E-state index < -0.39 is 0 Å². The number of thiocarbonyl (C=S) groups is 1. The fourth-order valence-electron chi connectivity index (χ4n) is 1.83. The molecule has 144 valence electrons. The van der Waals surface area contributed by atoms with E-state index in [1.54, 1.807) is 17.5 Å². The molecule has 0 aliphatic rings. The average molecular weight is 441 g/mol. The van der Waals surface area contributed by atoms with Crippen LogP contribution in [0.4, 0.5) is 5.13 Å². The molecule has 0 amide bonds. The smallest absolute Gasteiger partial charge is 0.217 e. The number of isothiocyanates is 1. The molecule has 1 aromatic carbocycles. The number of hydrogen-bond donors (Lipinski definition) is 2. The molecule has 0 aliphatic heterocycles. The van der Waals surface area contributed by atoms with Gasteiger partial charge < -0.3 is 15.8 Å². The summed E-state index contributed by atoms with van der Waals surface area (Å²) in [5, 5.41) is 6.95. The first-order valence-electron chi connectivity index (χ1n) is 8.02. The maximum Gasteiger partial charge on any atom is 0.217 e. The van der Waals surface area contributed by atoms with Crippen LogP contribution in [0, 0.1) is 0 Å². The van der Waals surface area contributed by atoms with E-state index >= 15 is 0 Å². The first-order chi connectivity index (χ1) is 13.2. The fraction of sp³-hybridized carbons (Fsp3) is 0.375. The van der Waals surface area contributed by atoms with E-state index in [4.69, 9.17) is 10.5 Å². The Morgan fingerprint density at radius 1 is 1.30 bits per heavy atom. The number of benzene rings is 1. The van der Waals surface area contributed by atoms with E-state index in [1.807, 2.05) is 24.3 Å². The van der Waals surface area contributed by atoms with Gasteiger partial charge in [-0.15, -0.1) is 0 Å². The molecular formula is C16H20N6OS4. The number of methoxy groups -OCH3 is 1. The van der Waals surface area contributed by atoms with Crippen LogP contribution in [0.2, 0.25) is 0 Å². The van der Waals surface area contributed by atoms with Crippen LogP contribution >= 0.6 is 44.7 Å². The van der Waals surface area contributed by atoms with Crippen LogP contribution in [-0.4, -0.2) is 48.6 Å². The van der Waals surface area contributed by atoms with Crippen molar-refractivity contribution in [3.8, 4) is 5.75 Å². The number of aromatic nitrogens is 1. The molecule has 2 rings (SSSR count). The topological polar surface area (TPSA) is 97.2 Å². The van der Waals surface area contributed by atoms with Crippen molar-refractivity contribution >= 4 is 60.1 Å². The van der Waals surface area contributed by atoms with Gasteiger partial charge in [0.15, 0.2) is 10.3 Å². The minimum Gasteiger partial charge on any atom is -0.497 e. The molecule has 0 bridgehead atoms. The highest BCUT2D eigenvalue weighted by Crippen LogP contribution is 2.16. The van der Waals surface area contributed by atoms with Crippen molar-refractivity contribution < 1.29 is 4.74 Å². The zero-order chi connectivity index (χ0) is 19.3.